The molecule has 1 heterocycles. The Hall–Kier alpha value is -2.44. The maximum absolute atomic E-state index is 13.1. The second-order valence-electron chi connectivity index (χ2n) is 3.72. The summed E-state index contributed by atoms with van der Waals surface area (Å²) in [6.07, 6.45) is 0. The summed E-state index contributed by atoms with van der Waals surface area (Å²) in [5, 5.41) is 3.98. The molecule has 0 spiro atoms. The molecule has 7 heteroatoms. The molecule has 0 fully saturated rings. The Labute approximate surface area is 108 Å². The molecule has 0 aliphatic rings. The number of aromatic nitrogens is 3. The molecular formula is C12H12FN3O3. The molecule has 6 nitrogen and oxygen atoms in total. The van der Waals surface area contributed by atoms with Crippen molar-refractivity contribution in [2.45, 2.75) is 0 Å². The van der Waals surface area contributed by atoms with Crippen LogP contribution in [-0.4, -0.2) is 34.5 Å². The molecule has 0 saturated carbocycles. The lowest BCUT2D eigenvalue weighted by atomic mass is 10.2. The third kappa shape index (κ3) is 3.06. The number of hydrogen-bond acceptors (Lipinski definition) is 5. The summed E-state index contributed by atoms with van der Waals surface area (Å²) in [4.78, 5) is 15.0. The minimum Gasteiger partial charge on any atom is -0.466 e. The topological polar surface area (TPSA) is 66.2 Å². The van der Waals surface area contributed by atoms with Crippen molar-refractivity contribution in [3.05, 3.63) is 30.1 Å². The maximum Gasteiger partial charge on any atom is 0.344 e. The third-order valence-electron chi connectivity index (χ3n) is 2.37. The number of benzene rings is 1. The van der Waals surface area contributed by atoms with E-state index in [1.165, 1.54) is 23.9 Å². The van der Waals surface area contributed by atoms with Crippen molar-refractivity contribution in [3.63, 3.8) is 0 Å². The lowest BCUT2D eigenvalue weighted by Crippen LogP contribution is -2.13. The number of nitrogens with zero attached hydrogens (tertiary/aromatic N) is 3. The SMILES string of the molecule is COC(=O)COc1nc(-c2cccc(F)c2)n(C)n1. The maximum atomic E-state index is 13.1. The average Bonchev–Trinajstić information content (AvgIpc) is 2.77. The van der Waals surface area contributed by atoms with Crippen molar-refractivity contribution in [3.8, 4) is 17.4 Å². The van der Waals surface area contributed by atoms with Gasteiger partial charge in [0.2, 0.25) is 0 Å². The van der Waals surface area contributed by atoms with E-state index in [2.05, 4.69) is 14.8 Å². The number of halogens is 1. The summed E-state index contributed by atoms with van der Waals surface area (Å²) >= 11 is 0. The van der Waals surface area contributed by atoms with Crippen LogP contribution in [0.4, 0.5) is 4.39 Å². The zero-order chi connectivity index (χ0) is 13.8. The van der Waals surface area contributed by atoms with E-state index in [-0.39, 0.29) is 18.4 Å². The molecule has 0 radical (unpaired) electrons. The summed E-state index contributed by atoms with van der Waals surface area (Å²) in [5.74, 6) is -0.448. The van der Waals surface area contributed by atoms with E-state index in [4.69, 9.17) is 4.74 Å². The first-order chi connectivity index (χ1) is 9.10. The van der Waals surface area contributed by atoms with E-state index >= 15 is 0 Å². The van der Waals surface area contributed by atoms with Crippen LogP contribution in [0.25, 0.3) is 11.4 Å². The Morgan fingerprint density at radius 1 is 1.47 bits per heavy atom. The standard InChI is InChI=1S/C12H12FN3O3/c1-16-11(8-4-3-5-9(13)6-8)14-12(15-16)19-7-10(17)18-2/h3-6H,7H2,1-2H3. The zero-order valence-corrected chi connectivity index (χ0v) is 10.5. The first-order valence-corrected chi connectivity index (χ1v) is 5.46. The van der Waals surface area contributed by atoms with Crippen LogP contribution in [0.1, 0.15) is 0 Å². The molecule has 0 atom stereocenters. The van der Waals surface area contributed by atoms with E-state index < -0.39 is 5.97 Å². The average molecular weight is 265 g/mol. The number of carbonyl (C=O) groups excluding carboxylic acids is 1. The Bertz CT molecular complexity index is 598. The Kier molecular flexibility index (Phi) is 3.74. The molecule has 2 aromatic rings. The summed E-state index contributed by atoms with van der Waals surface area (Å²) in [6.45, 7) is -0.275. The van der Waals surface area contributed by atoms with Gasteiger partial charge < -0.3 is 9.47 Å². The lowest BCUT2D eigenvalue weighted by molar-refractivity contribution is -0.143. The number of aryl methyl sites for hydroxylation is 1. The van der Waals surface area contributed by atoms with Gasteiger partial charge in [-0.2, -0.15) is 4.98 Å². The predicted molar refractivity (Wildman–Crippen MR) is 63.9 cm³/mol. The summed E-state index contributed by atoms with van der Waals surface area (Å²) in [7, 11) is 2.91. The minimum absolute atomic E-state index is 0.0344. The van der Waals surface area contributed by atoms with Gasteiger partial charge in [-0.3, -0.25) is 0 Å². The van der Waals surface area contributed by atoms with Crippen LogP contribution in [0.3, 0.4) is 0 Å². The van der Waals surface area contributed by atoms with Gasteiger partial charge in [-0.05, 0) is 12.1 Å². The molecule has 0 aliphatic heterocycles. The van der Waals surface area contributed by atoms with Crippen LogP contribution in [0, 0.1) is 5.82 Å². The second kappa shape index (κ2) is 5.47. The number of esters is 1. The highest BCUT2D eigenvalue weighted by molar-refractivity contribution is 5.70. The van der Waals surface area contributed by atoms with E-state index in [0.717, 1.165) is 0 Å². The van der Waals surface area contributed by atoms with Crippen LogP contribution >= 0.6 is 0 Å². The van der Waals surface area contributed by atoms with Gasteiger partial charge in [0.1, 0.15) is 5.82 Å². The Morgan fingerprint density at radius 3 is 2.95 bits per heavy atom. The molecule has 0 amide bonds. The molecule has 100 valence electrons. The van der Waals surface area contributed by atoms with Crippen LogP contribution in [0.15, 0.2) is 24.3 Å². The van der Waals surface area contributed by atoms with Crippen LogP contribution in [0.2, 0.25) is 0 Å². The number of rotatable bonds is 4. The lowest BCUT2D eigenvalue weighted by Gasteiger charge is -1.98. The van der Waals surface area contributed by atoms with Gasteiger partial charge in [0, 0.05) is 12.6 Å². The van der Waals surface area contributed by atoms with Crippen LogP contribution < -0.4 is 4.74 Å². The molecule has 1 aromatic heterocycles. The summed E-state index contributed by atoms with van der Waals surface area (Å²) in [5.41, 5.74) is 0.572. The normalized spacial score (nSPS) is 10.3. The van der Waals surface area contributed by atoms with Gasteiger partial charge in [-0.25, -0.2) is 13.9 Å². The Morgan fingerprint density at radius 2 is 2.26 bits per heavy atom. The van der Waals surface area contributed by atoms with Crippen molar-refractivity contribution < 1.29 is 18.7 Å². The largest absolute Gasteiger partial charge is 0.466 e. The Balaban J connectivity index is 2.19. The predicted octanol–water partition coefficient (Wildman–Crippen LogP) is 1.17. The number of carbonyl (C=O) groups is 1. The van der Waals surface area contributed by atoms with Crippen molar-refractivity contribution in [1.29, 1.82) is 0 Å². The van der Waals surface area contributed by atoms with Crippen molar-refractivity contribution in [2.24, 2.45) is 7.05 Å². The number of ether oxygens (including phenoxy) is 2. The molecule has 0 unspecified atom stereocenters. The molecule has 1 aromatic carbocycles. The molecule has 0 saturated heterocycles. The summed E-state index contributed by atoms with van der Waals surface area (Å²) < 4.78 is 24.1. The molecule has 2 rings (SSSR count). The highest BCUT2D eigenvalue weighted by Crippen LogP contribution is 2.19. The van der Waals surface area contributed by atoms with E-state index in [1.807, 2.05) is 0 Å². The highest BCUT2D eigenvalue weighted by Gasteiger charge is 2.12. The van der Waals surface area contributed by atoms with Crippen molar-refractivity contribution in [2.75, 3.05) is 13.7 Å². The van der Waals surface area contributed by atoms with Crippen molar-refractivity contribution in [1.82, 2.24) is 14.8 Å². The molecular weight excluding hydrogens is 253 g/mol. The van der Waals surface area contributed by atoms with Gasteiger partial charge in [0.15, 0.2) is 12.4 Å². The van der Waals surface area contributed by atoms with Crippen molar-refractivity contribution >= 4 is 5.97 Å². The molecule has 0 aliphatic carbocycles. The van der Waals surface area contributed by atoms with Crippen LogP contribution in [0.5, 0.6) is 6.01 Å². The van der Waals surface area contributed by atoms with Gasteiger partial charge >= 0.3 is 12.0 Å². The fraction of sp³-hybridized carbons (Fsp3) is 0.250. The zero-order valence-electron chi connectivity index (χ0n) is 10.5. The molecule has 0 bridgehead atoms. The first-order valence-electron chi connectivity index (χ1n) is 5.46. The number of methoxy groups -OCH3 is 1. The van der Waals surface area contributed by atoms with E-state index in [0.29, 0.717) is 11.4 Å². The fourth-order valence-electron chi connectivity index (χ4n) is 1.48. The van der Waals surface area contributed by atoms with Gasteiger partial charge in [-0.1, -0.05) is 12.1 Å². The summed E-state index contributed by atoms with van der Waals surface area (Å²) in [6, 6.07) is 6.00. The van der Waals surface area contributed by atoms with Gasteiger partial charge in [-0.15, -0.1) is 5.10 Å². The molecule has 0 N–H and O–H groups in total. The monoisotopic (exact) mass is 265 g/mol. The fourth-order valence-corrected chi connectivity index (χ4v) is 1.48. The van der Waals surface area contributed by atoms with E-state index in [9.17, 15) is 9.18 Å². The van der Waals surface area contributed by atoms with Gasteiger partial charge in [0.05, 0.1) is 7.11 Å². The second-order valence-corrected chi connectivity index (χ2v) is 3.72. The van der Waals surface area contributed by atoms with E-state index in [1.54, 1.807) is 19.2 Å². The first kappa shape index (κ1) is 13.0. The molecule has 19 heavy (non-hydrogen) atoms. The third-order valence-corrected chi connectivity index (χ3v) is 2.37. The van der Waals surface area contributed by atoms with Gasteiger partial charge in [0.25, 0.3) is 0 Å². The minimum atomic E-state index is -0.528. The highest BCUT2D eigenvalue weighted by atomic mass is 19.1. The quantitative estimate of drug-likeness (QED) is 0.776. The number of hydrogen-bond donors (Lipinski definition) is 0. The smallest absolute Gasteiger partial charge is 0.344 e. The van der Waals surface area contributed by atoms with Crippen LogP contribution in [-0.2, 0) is 16.6 Å².